The van der Waals surface area contributed by atoms with E-state index in [1.807, 2.05) is 30.3 Å². The molecule has 0 aliphatic carbocycles. The number of carbonyl (C=O) groups excluding carboxylic acids is 2. The summed E-state index contributed by atoms with van der Waals surface area (Å²) in [4.78, 5) is 26.5. The highest BCUT2D eigenvalue weighted by Gasteiger charge is 2.27. The third-order valence-corrected chi connectivity index (χ3v) is 5.43. The molecule has 30 heavy (non-hydrogen) atoms. The number of furan rings is 1. The molecule has 0 saturated carbocycles. The van der Waals surface area contributed by atoms with E-state index >= 15 is 0 Å². The third kappa shape index (κ3) is 5.27. The Hall–Kier alpha value is -3.13. The van der Waals surface area contributed by atoms with Crippen LogP contribution in [0, 0.1) is 0 Å². The standard InChI is InChI=1S/C22H23NO6S/c1-28-20(24)12-13-23(14-16-8-4-3-5-9-16)22(25)21-18(15-30(2,26)27)17-10-6-7-11-19(17)29-21/h3-11H,12-15H2,1-2H3. The number of rotatable bonds is 8. The van der Waals surface area contributed by atoms with E-state index < -0.39 is 21.7 Å². The van der Waals surface area contributed by atoms with Gasteiger partial charge in [0.05, 0.1) is 19.3 Å². The average molecular weight is 429 g/mol. The van der Waals surface area contributed by atoms with Gasteiger partial charge in [-0.3, -0.25) is 9.59 Å². The Balaban J connectivity index is 2.01. The number of ether oxygens (including phenoxy) is 1. The minimum Gasteiger partial charge on any atom is -0.469 e. The molecular weight excluding hydrogens is 406 g/mol. The molecule has 158 valence electrons. The SMILES string of the molecule is COC(=O)CCN(Cc1ccccc1)C(=O)c1oc2ccccc2c1CS(C)(=O)=O. The molecule has 1 aromatic heterocycles. The van der Waals surface area contributed by atoms with Gasteiger partial charge in [-0.15, -0.1) is 0 Å². The van der Waals surface area contributed by atoms with Crippen molar-refractivity contribution in [3.8, 4) is 0 Å². The van der Waals surface area contributed by atoms with Gasteiger partial charge in [0.1, 0.15) is 5.58 Å². The van der Waals surface area contributed by atoms with E-state index in [1.165, 1.54) is 12.0 Å². The topological polar surface area (TPSA) is 93.9 Å². The van der Waals surface area contributed by atoms with E-state index in [4.69, 9.17) is 9.15 Å². The molecule has 1 heterocycles. The fourth-order valence-electron chi connectivity index (χ4n) is 3.21. The lowest BCUT2D eigenvalue weighted by Gasteiger charge is -2.22. The lowest BCUT2D eigenvalue weighted by molar-refractivity contribution is -0.140. The number of nitrogens with zero attached hydrogens (tertiary/aromatic N) is 1. The maximum atomic E-state index is 13.4. The van der Waals surface area contributed by atoms with Gasteiger partial charge < -0.3 is 14.1 Å². The number of fused-ring (bicyclic) bond motifs is 1. The van der Waals surface area contributed by atoms with Crippen LogP contribution in [0.3, 0.4) is 0 Å². The molecular formula is C22H23NO6S. The first-order valence-electron chi connectivity index (χ1n) is 9.36. The van der Waals surface area contributed by atoms with Crippen molar-refractivity contribution in [2.75, 3.05) is 19.9 Å². The van der Waals surface area contributed by atoms with Crippen LogP contribution in [-0.2, 0) is 31.7 Å². The van der Waals surface area contributed by atoms with E-state index in [0.717, 1.165) is 11.8 Å². The largest absolute Gasteiger partial charge is 0.469 e. The van der Waals surface area contributed by atoms with Crippen LogP contribution in [0.25, 0.3) is 11.0 Å². The smallest absolute Gasteiger partial charge is 0.307 e. The molecule has 8 heteroatoms. The Labute approximate surface area is 175 Å². The van der Waals surface area contributed by atoms with Gasteiger partial charge in [0.2, 0.25) is 0 Å². The number of para-hydroxylation sites is 1. The lowest BCUT2D eigenvalue weighted by Crippen LogP contribution is -2.33. The predicted octanol–water partition coefficient (Wildman–Crippen LogP) is 3.18. The van der Waals surface area contributed by atoms with Gasteiger partial charge >= 0.3 is 5.97 Å². The second kappa shape index (κ2) is 9.13. The van der Waals surface area contributed by atoms with Crippen molar-refractivity contribution in [2.45, 2.75) is 18.7 Å². The van der Waals surface area contributed by atoms with Crippen molar-refractivity contribution in [1.29, 1.82) is 0 Å². The number of amides is 1. The fourth-order valence-corrected chi connectivity index (χ4v) is 4.02. The monoisotopic (exact) mass is 429 g/mol. The lowest BCUT2D eigenvalue weighted by atomic mass is 10.1. The van der Waals surface area contributed by atoms with Crippen molar-refractivity contribution >= 4 is 32.7 Å². The van der Waals surface area contributed by atoms with E-state index in [2.05, 4.69) is 0 Å². The molecule has 0 saturated heterocycles. The predicted molar refractivity (Wildman–Crippen MR) is 113 cm³/mol. The normalized spacial score (nSPS) is 11.4. The van der Waals surface area contributed by atoms with Crippen LogP contribution in [0.15, 0.2) is 59.0 Å². The molecule has 0 spiro atoms. The molecule has 0 N–H and O–H groups in total. The molecule has 0 radical (unpaired) electrons. The van der Waals surface area contributed by atoms with Crippen LogP contribution in [-0.4, -0.2) is 45.1 Å². The second-order valence-corrected chi connectivity index (χ2v) is 9.15. The molecule has 1 amide bonds. The molecule has 0 fully saturated rings. The fraction of sp³-hybridized carbons (Fsp3) is 0.273. The maximum absolute atomic E-state index is 13.4. The van der Waals surface area contributed by atoms with E-state index in [9.17, 15) is 18.0 Å². The van der Waals surface area contributed by atoms with Crippen molar-refractivity contribution < 1.29 is 27.2 Å². The number of hydrogen-bond acceptors (Lipinski definition) is 6. The van der Waals surface area contributed by atoms with E-state index in [-0.39, 0.29) is 31.0 Å². The Morgan fingerprint density at radius 1 is 1.03 bits per heavy atom. The first-order chi connectivity index (χ1) is 14.3. The van der Waals surface area contributed by atoms with Gasteiger partial charge in [-0.25, -0.2) is 8.42 Å². The second-order valence-electron chi connectivity index (χ2n) is 7.01. The summed E-state index contributed by atoms with van der Waals surface area (Å²) < 4.78 is 34.5. The van der Waals surface area contributed by atoms with Crippen LogP contribution in [0.4, 0.5) is 0 Å². The summed E-state index contributed by atoms with van der Waals surface area (Å²) in [5.74, 6) is -1.26. The molecule has 7 nitrogen and oxygen atoms in total. The minimum atomic E-state index is -3.41. The van der Waals surface area contributed by atoms with Crippen LogP contribution in [0.5, 0.6) is 0 Å². The molecule has 0 atom stereocenters. The molecule has 0 aliphatic rings. The zero-order valence-corrected chi connectivity index (χ0v) is 17.6. The molecule has 3 aromatic rings. The number of benzene rings is 2. The maximum Gasteiger partial charge on any atom is 0.307 e. The summed E-state index contributed by atoms with van der Waals surface area (Å²) in [7, 11) is -2.13. The van der Waals surface area contributed by atoms with Crippen molar-refractivity contribution in [3.63, 3.8) is 0 Å². The van der Waals surface area contributed by atoms with Gasteiger partial charge in [-0.05, 0) is 11.6 Å². The number of carbonyl (C=O) groups is 2. The molecule has 0 unspecified atom stereocenters. The van der Waals surface area contributed by atoms with Gasteiger partial charge in [0.15, 0.2) is 15.6 Å². The summed E-state index contributed by atoms with van der Waals surface area (Å²) in [6.07, 6.45) is 1.12. The number of hydrogen-bond donors (Lipinski definition) is 0. The molecule has 0 bridgehead atoms. The Kier molecular flexibility index (Phi) is 6.56. The van der Waals surface area contributed by atoms with Gasteiger partial charge in [-0.2, -0.15) is 0 Å². The Morgan fingerprint density at radius 2 is 1.70 bits per heavy atom. The van der Waals surface area contributed by atoms with Crippen LogP contribution in [0.1, 0.15) is 28.1 Å². The first-order valence-corrected chi connectivity index (χ1v) is 11.4. The van der Waals surface area contributed by atoms with E-state index in [1.54, 1.807) is 24.3 Å². The molecule has 0 aliphatic heterocycles. The third-order valence-electron chi connectivity index (χ3n) is 4.62. The molecule has 2 aromatic carbocycles. The average Bonchev–Trinajstić information content (AvgIpc) is 3.08. The summed E-state index contributed by atoms with van der Waals surface area (Å²) >= 11 is 0. The Bertz CT molecular complexity index is 1150. The molecule has 3 rings (SSSR count). The minimum absolute atomic E-state index is 0.0106. The number of sulfone groups is 1. The highest BCUT2D eigenvalue weighted by Crippen LogP contribution is 2.29. The van der Waals surface area contributed by atoms with Crippen molar-refractivity contribution in [3.05, 3.63) is 71.5 Å². The highest BCUT2D eigenvalue weighted by molar-refractivity contribution is 7.89. The summed E-state index contributed by atoms with van der Waals surface area (Å²) in [5.41, 5.74) is 1.64. The zero-order chi connectivity index (χ0) is 21.7. The summed E-state index contributed by atoms with van der Waals surface area (Å²) in [6.45, 7) is 0.349. The van der Waals surface area contributed by atoms with Crippen LogP contribution in [0.2, 0.25) is 0 Å². The van der Waals surface area contributed by atoms with Crippen molar-refractivity contribution in [2.24, 2.45) is 0 Å². The summed E-state index contributed by atoms with van der Waals surface area (Å²) in [6, 6.07) is 16.2. The summed E-state index contributed by atoms with van der Waals surface area (Å²) in [5, 5.41) is 0.582. The van der Waals surface area contributed by atoms with Crippen LogP contribution >= 0.6 is 0 Å². The van der Waals surface area contributed by atoms with Gasteiger partial charge in [0, 0.05) is 30.3 Å². The van der Waals surface area contributed by atoms with E-state index in [0.29, 0.717) is 16.5 Å². The van der Waals surface area contributed by atoms with Gasteiger partial charge in [-0.1, -0.05) is 48.5 Å². The highest BCUT2D eigenvalue weighted by atomic mass is 32.2. The quantitative estimate of drug-likeness (QED) is 0.511. The van der Waals surface area contributed by atoms with Crippen molar-refractivity contribution in [1.82, 2.24) is 4.90 Å². The van der Waals surface area contributed by atoms with Gasteiger partial charge in [0.25, 0.3) is 5.91 Å². The Morgan fingerprint density at radius 3 is 2.37 bits per heavy atom. The first kappa shape index (κ1) is 21.6. The number of esters is 1. The van der Waals surface area contributed by atoms with Crippen LogP contribution < -0.4 is 0 Å². The zero-order valence-electron chi connectivity index (χ0n) is 16.8. The number of methoxy groups -OCH3 is 1.